The maximum atomic E-state index is 12.7. The van der Waals surface area contributed by atoms with Crippen LogP contribution in [0.25, 0.3) is 0 Å². The molecule has 1 unspecified atom stereocenters. The Morgan fingerprint density at radius 1 is 1.07 bits per heavy atom. The number of carboxylic acids is 1. The lowest BCUT2D eigenvalue weighted by atomic mass is 10.1. The first kappa shape index (κ1) is 21.1. The van der Waals surface area contributed by atoms with Crippen molar-refractivity contribution in [3.8, 4) is 5.75 Å². The molecule has 10 heteroatoms. The van der Waals surface area contributed by atoms with Crippen LogP contribution in [-0.2, 0) is 9.59 Å². The van der Waals surface area contributed by atoms with Crippen LogP contribution in [0, 0.1) is 0 Å². The van der Waals surface area contributed by atoms with Crippen molar-refractivity contribution in [2.75, 3.05) is 4.90 Å². The van der Waals surface area contributed by atoms with Gasteiger partial charge < -0.3 is 15.9 Å². The van der Waals surface area contributed by atoms with Gasteiger partial charge in [-0.1, -0.05) is 11.8 Å². The number of aromatic carboxylic acids is 1. The Labute approximate surface area is 175 Å². The summed E-state index contributed by atoms with van der Waals surface area (Å²) in [5, 5.41) is 25.5. The van der Waals surface area contributed by atoms with Gasteiger partial charge in [0.25, 0.3) is 0 Å². The van der Waals surface area contributed by atoms with Crippen LogP contribution in [0.3, 0.4) is 0 Å². The standard InChI is InChI=1S/C20H18N4O5S/c1-11(12-4-8-15(25)9-5-12)22-23-20(21)30-16-10-17(26)24(18(16)27)14-6-2-13(3-7-14)19(28)29/h2-9,16,25H,10H2,1H3,(H2,21,23)(H,28,29). The molecule has 2 amide bonds. The number of hydrogen-bond acceptors (Lipinski definition) is 7. The van der Waals surface area contributed by atoms with Crippen LogP contribution in [0.15, 0.2) is 58.7 Å². The monoisotopic (exact) mass is 426 g/mol. The quantitative estimate of drug-likeness (QED) is 0.287. The summed E-state index contributed by atoms with van der Waals surface area (Å²) in [5.74, 6) is -1.82. The van der Waals surface area contributed by atoms with Crippen LogP contribution < -0.4 is 10.6 Å². The summed E-state index contributed by atoms with van der Waals surface area (Å²) < 4.78 is 0. The Morgan fingerprint density at radius 3 is 2.27 bits per heavy atom. The van der Waals surface area contributed by atoms with Gasteiger partial charge in [-0.15, -0.1) is 5.10 Å². The Hall–Kier alpha value is -3.66. The number of amidine groups is 1. The van der Waals surface area contributed by atoms with E-state index in [1.165, 1.54) is 36.4 Å². The minimum atomic E-state index is -1.10. The highest BCUT2D eigenvalue weighted by atomic mass is 32.2. The van der Waals surface area contributed by atoms with E-state index in [4.69, 9.17) is 10.8 Å². The summed E-state index contributed by atoms with van der Waals surface area (Å²) in [5.41, 5.74) is 7.54. The molecule has 0 spiro atoms. The lowest BCUT2D eigenvalue weighted by molar-refractivity contribution is -0.121. The van der Waals surface area contributed by atoms with Crippen molar-refractivity contribution in [1.29, 1.82) is 0 Å². The van der Waals surface area contributed by atoms with Gasteiger partial charge in [-0.3, -0.25) is 9.59 Å². The molecule has 3 rings (SSSR count). The van der Waals surface area contributed by atoms with Crippen LogP contribution in [0.5, 0.6) is 5.75 Å². The summed E-state index contributed by atoms with van der Waals surface area (Å²) in [6, 6.07) is 11.9. The van der Waals surface area contributed by atoms with Crippen LogP contribution in [0.2, 0.25) is 0 Å². The van der Waals surface area contributed by atoms with Crippen molar-refractivity contribution in [3.05, 3.63) is 59.7 Å². The highest BCUT2D eigenvalue weighted by Crippen LogP contribution is 2.30. The number of anilines is 1. The molecule has 1 heterocycles. The van der Waals surface area contributed by atoms with E-state index in [1.807, 2.05) is 0 Å². The molecule has 1 saturated heterocycles. The normalized spacial score (nSPS) is 17.5. The molecule has 0 aliphatic carbocycles. The van der Waals surface area contributed by atoms with E-state index >= 15 is 0 Å². The fraction of sp³-hybridized carbons (Fsp3) is 0.150. The number of imide groups is 1. The average Bonchev–Trinajstić information content (AvgIpc) is 2.99. The molecule has 1 aliphatic heterocycles. The second-order valence-corrected chi connectivity index (χ2v) is 7.62. The Morgan fingerprint density at radius 2 is 1.67 bits per heavy atom. The van der Waals surface area contributed by atoms with Crippen molar-refractivity contribution in [1.82, 2.24) is 0 Å². The summed E-state index contributed by atoms with van der Waals surface area (Å²) >= 11 is 0.940. The minimum absolute atomic E-state index is 0.0300. The molecule has 1 fully saturated rings. The van der Waals surface area contributed by atoms with Crippen LogP contribution >= 0.6 is 11.8 Å². The van der Waals surface area contributed by atoms with Crippen molar-refractivity contribution < 1.29 is 24.6 Å². The number of thioether (sulfide) groups is 1. The number of carboxylic acid groups (broad SMARTS) is 1. The average molecular weight is 426 g/mol. The molecule has 30 heavy (non-hydrogen) atoms. The van der Waals surface area contributed by atoms with Crippen LogP contribution in [0.1, 0.15) is 29.3 Å². The molecular formula is C20H18N4O5S. The molecule has 0 saturated carbocycles. The molecule has 1 atom stereocenters. The van der Waals surface area contributed by atoms with Crippen molar-refractivity contribution in [3.63, 3.8) is 0 Å². The molecular weight excluding hydrogens is 408 g/mol. The summed E-state index contributed by atoms with van der Waals surface area (Å²) in [6.07, 6.45) is -0.0545. The number of amides is 2. The van der Waals surface area contributed by atoms with Gasteiger partial charge in [0.15, 0.2) is 5.17 Å². The highest BCUT2D eigenvalue weighted by molar-refractivity contribution is 8.14. The number of rotatable bonds is 5. The zero-order valence-corrected chi connectivity index (χ0v) is 16.7. The second-order valence-electron chi connectivity index (χ2n) is 6.40. The number of hydrogen-bond donors (Lipinski definition) is 3. The van der Waals surface area contributed by atoms with E-state index < -0.39 is 23.0 Å². The zero-order valence-electron chi connectivity index (χ0n) is 15.8. The highest BCUT2D eigenvalue weighted by Gasteiger charge is 2.40. The molecule has 0 radical (unpaired) electrons. The third-order valence-electron chi connectivity index (χ3n) is 4.32. The molecule has 0 aromatic heterocycles. The van der Waals surface area contributed by atoms with Gasteiger partial charge in [-0.2, -0.15) is 5.10 Å². The lowest BCUT2D eigenvalue weighted by Gasteiger charge is -2.14. The Bertz CT molecular complexity index is 1050. The van der Waals surface area contributed by atoms with Gasteiger partial charge in [0, 0.05) is 6.42 Å². The van der Waals surface area contributed by atoms with Crippen molar-refractivity contribution in [2.24, 2.45) is 15.9 Å². The topological polar surface area (TPSA) is 146 Å². The minimum Gasteiger partial charge on any atom is -0.508 e. The van der Waals surface area contributed by atoms with E-state index in [-0.39, 0.29) is 22.9 Å². The van der Waals surface area contributed by atoms with Gasteiger partial charge in [0.1, 0.15) is 11.0 Å². The van der Waals surface area contributed by atoms with Gasteiger partial charge in [0.2, 0.25) is 11.8 Å². The number of nitrogens with zero attached hydrogens (tertiary/aromatic N) is 3. The predicted molar refractivity (Wildman–Crippen MR) is 114 cm³/mol. The Kier molecular flexibility index (Phi) is 6.17. The third-order valence-corrected chi connectivity index (χ3v) is 5.30. The second kappa shape index (κ2) is 8.78. The van der Waals surface area contributed by atoms with Gasteiger partial charge in [-0.05, 0) is 61.0 Å². The molecule has 2 aromatic carbocycles. The largest absolute Gasteiger partial charge is 0.508 e. The third kappa shape index (κ3) is 4.66. The maximum Gasteiger partial charge on any atom is 0.335 e. The van der Waals surface area contributed by atoms with Crippen molar-refractivity contribution in [2.45, 2.75) is 18.6 Å². The fourth-order valence-corrected chi connectivity index (χ4v) is 3.59. The summed E-state index contributed by atoms with van der Waals surface area (Å²) in [4.78, 5) is 36.9. The van der Waals surface area contributed by atoms with Crippen LogP contribution in [-0.4, -0.2) is 44.1 Å². The number of carbonyl (C=O) groups excluding carboxylic acids is 2. The van der Waals surface area contributed by atoms with Crippen LogP contribution in [0.4, 0.5) is 5.69 Å². The molecule has 154 valence electrons. The Balaban J connectivity index is 1.69. The molecule has 0 bridgehead atoms. The first-order valence-electron chi connectivity index (χ1n) is 8.80. The van der Waals surface area contributed by atoms with E-state index in [0.29, 0.717) is 11.4 Å². The van der Waals surface area contributed by atoms with Gasteiger partial charge >= 0.3 is 5.97 Å². The van der Waals surface area contributed by atoms with Gasteiger partial charge in [-0.25, -0.2) is 9.69 Å². The number of carbonyl (C=O) groups is 3. The van der Waals surface area contributed by atoms with Crippen molar-refractivity contribution >= 4 is 46.1 Å². The number of phenols is 1. The van der Waals surface area contributed by atoms with E-state index in [9.17, 15) is 19.5 Å². The zero-order chi connectivity index (χ0) is 21.8. The fourth-order valence-electron chi connectivity index (χ4n) is 2.77. The van der Waals surface area contributed by atoms with E-state index in [2.05, 4.69) is 10.2 Å². The molecule has 4 N–H and O–H groups in total. The number of nitrogens with two attached hydrogens (primary N) is 1. The first-order valence-corrected chi connectivity index (χ1v) is 9.68. The molecule has 2 aromatic rings. The first-order chi connectivity index (χ1) is 14.3. The predicted octanol–water partition coefficient (Wildman–Crippen LogP) is 2.19. The van der Waals surface area contributed by atoms with Gasteiger partial charge in [0.05, 0.1) is 17.0 Å². The number of phenolic OH excluding ortho intramolecular Hbond substituents is 1. The molecule has 9 nitrogen and oxygen atoms in total. The number of benzene rings is 2. The van der Waals surface area contributed by atoms with E-state index in [1.54, 1.807) is 19.1 Å². The molecule has 1 aliphatic rings. The number of aromatic hydroxyl groups is 1. The smallest absolute Gasteiger partial charge is 0.335 e. The SMILES string of the molecule is CC(=NN=C(N)SC1CC(=O)N(c2ccc(C(=O)O)cc2)C1=O)c1ccc(O)cc1. The van der Waals surface area contributed by atoms with E-state index in [0.717, 1.165) is 22.2 Å². The summed E-state index contributed by atoms with van der Waals surface area (Å²) in [6.45, 7) is 1.72. The lowest BCUT2D eigenvalue weighted by Crippen LogP contribution is -2.31. The summed E-state index contributed by atoms with van der Waals surface area (Å²) in [7, 11) is 0. The maximum absolute atomic E-state index is 12.7.